The van der Waals surface area contributed by atoms with Crippen molar-refractivity contribution in [2.45, 2.75) is 46.3 Å². The second-order valence-corrected chi connectivity index (χ2v) is 7.40. The van der Waals surface area contributed by atoms with Gasteiger partial charge in [-0.25, -0.2) is 0 Å². The standard InChI is InChI=1S/C16H22BrNO2/c1-10-7-12(17)5-6-13(10)11-8-14(18-9-11)20-15(19)16(2,3)4/h5-7,11,14,18H,8-9H2,1-4H3. The van der Waals surface area contributed by atoms with Crippen molar-refractivity contribution in [2.24, 2.45) is 5.41 Å². The molecule has 0 aromatic heterocycles. The van der Waals surface area contributed by atoms with Crippen molar-refractivity contribution < 1.29 is 9.53 Å². The normalized spacial score (nSPS) is 22.9. The van der Waals surface area contributed by atoms with Crippen LogP contribution < -0.4 is 5.32 Å². The van der Waals surface area contributed by atoms with E-state index < -0.39 is 5.41 Å². The summed E-state index contributed by atoms with van der Waals surface area (Å²) in [5.74, 6) is 0.254. The van der Waals surface area contributed by atoms with Crippen LogP contribution in [0, 0.1) is 12.3 Å². The van der Waals surface area contributed by atoms with Crippen molar-refractivity contribution in [2.75, 3.05) is 6.54 Å². The molecule has 1 heterocycles. The smallest absolute Gasteiger partial charge is 0.312 e. The minimum absolute atomic E-state index is 0.150. The van der Waals surface area contributed by atoms with Gasteiger partial charge in [0.25, 0.3) is 0 Å². The summed E-state index contributed by atoms with van der Waals surface area (Å²) in [7, 11) is 0. The summed E-state index contributed by atoms with van der Waals surface area (Å²) in [4.78, 5) is 11.9. The van der Waals surface area contributed by atoms with Gasteiger partial charge in [0.2, 0.25) is 0 Å². The number of ether oxygens (including phenoxy) is 1. The van der Waals surface area contributed by atoms with Crippen molar-refractivity contribution in [3.8, 4) is 0 Å². The lowest BCUT2D eigenvalue weighted by molar-refractivity contribution is -0.159. The lowest BCUT2D eigenvalue weighted by Crippen LogP contribution is -2.33. The second kappa shape index (κ2) is 5.86. The molecule has 1 N–H and O–H groups in total. The first-order chi connectivity index (χ1) is 9.27. The molecule has 2 rings (SSSR count). The van der Waals surface area contributed by atoms with Gasteiger partial charge in [0.15, 0.2) is 6.23 Å². The Morgan fingerprint density at radius 2 is 2.10 bits per heavy atom. The van der Waals surface area contributed by atoms with E-state index >= 15 is 0 Å². The number of benzene rings is 1. The van der Waals surface area contributed by atoms with E-state index in [1.54, 1.807) is 0 Å². The maximum Gasteiger partial charge on any atom is 0.312 e. The number of hydrogen-bond acceptors (Lipinski definition) is 3. The van der Waals surface area contributed by atoms with Crippen molar-refractivity contribution >= 4 is 21.9 Å². The average molecular weight is 340 g/mol. The van der Waals surface area contributed by atoms with Crippen LogP contribution in [0.15, 0.2) is 22.7 Å². The van der Waals surface area contributed by atoms with Gasteiger partial charge >= 0.3 is 5.97 Å². The lowest BCUT2D eigenvalue weighted by Gasteiger charge is -2.20. The number of carbonyl (C=O) groups excluding carboxylic acids is 1. The SMILES string of the molecule is Cc1cc(Br)ccc1C1CNC(OC(=O)C(C)(C)C)C1. The Bertz CT molecular complexity index is 508. The van der Waals surface area contributed by atoms with Crippen LogP contribution in [-0.2, 0) is 9.53 Å². The Morgan fingerprint density at radius 3 is 2.70 bits per heavy atom. The third-order valence-electron chi connectivity index (χ3n) is 3.62. The van der Waals surface area contributed by atoms with Gasteiger partial charge in [-0.05, 0) is 51.0 Å². The van der Waals surface area contributed by atoms with Crippen molar-refractivity contribution in [1.29, 1.82) is 0 Å². The van der Waals surface area contributed by atoms with Crippen LogP contribution in [-0.4, -0.2) is 18.7 Å². The highest BCUT2D eigenvalue weighted by molar-refractivity contribution is 9.10. The van der Waals surface area contributed by atoms with E-state index in [2.05, 4.69) is 46.4 Å². The fourth-order valence-electron chi connectivity index (χ4n) is 2.43. The Morgan fingerprint density at radius 1 is 1.40 bits per heavy atom. The van der Waals surface area contributed by atoms with Crippen LogP contribution >= 0.6 is 15.9 Å². The molecule has 0 bridgehead atoms. The van der Waals surface area contributed by atoms with Crippen LogP contribution in [0.5, 0.6) is 0 Å². The maximum atomic E-state index is 11.9. The molecule has 0 spiro atoms. The first-order valence-electron chi connectivity index (χ1n) is 6.98. The molecule has 20 heavy (non-hydrogen) atoms. The van der Waals surface area contributed by atoms with Gasteiger partial charge < -0.3 is 4.74 Å². The molecule has 0 radical (unpaired) electrons. The Balaban J connectivity index is 2.00. The molecular weight excluding hydrogens is 318 g/mol. The van der Waals surface area contributed by atoms with E-state index in [4.69, 9.17) is 4.74 Å². The van der Waals surface area contributed by atoms with E-state index in [0.29, 0.717) is 5.92 Å². The quantitative estimate of drug-likeness (QED) is 0.834. The number of carbonyl (C=O) groups is 1. The van der Waals surface area contributed by atoms with Crippen molar-refractivity contribution in [3.05, 3.63) is 33.8 Å². The molecule has 3 nitrogen and oxygen atoms in total. The summed E-state index contributed by atoms with van der Waals surface area (Å²) in [5, 5.41) is 3.30. The van der Waals surface area contributed by atoms with Crippen LogP contribution in [0.3, 0.4) is 0 Å². The zero-order chi connectivity index (χ0) is 14.9. The molecule has 110 valence electrons. The molecule has 0 saturated carbocycles. The zero-order valence-corrected chi connectivity index (χ0v) is 14.1. The predicted molar refractivity (Wildman–Crippen MR) is 83.6 cm³/mol. The highest BCUT2D eigenvalue weighted by atomic mass is 79.9. The van der Waals surface area contributed by atoms with Crippen LogP contribution in [0.1, 0.15) is 44.2 Å². The molecule has 1 aliphatic rings. The minimum atomic E-state index is -0.451. The first kappa shape index (κ1) is 15.5. The zero-order valence-electron chi connectivity index (χ0n) is 12.5. The topological polar surface area (TPSA) is 38.3 Å². The van der Waals surface area contributed by atoms with Crippen molar-refractivity contribution in [3.63, 3.8) is 0 Å². The monoisotopic (exact) mass is 339 g/mol. The summed E-state index contributed by atoms with van der Waals surface area (Å²) in [6.07, 6.45) is 0.666. The Hall–Kier alpha value is -0.870. The van der Waals surface area contributed by atoms with Gasteiger partial charge in [-0.2, -0.15) is 0 Å². The molecule has 2 unspecified atom stereocenters. The molecule has 1 fully saturated rings. The van der Waals surface area contributed by atoms with Gasteiger partial charge in [0, 0.05) is 23.4 Å². The van der Waals surface area contributed by atoms with Crippen LogP contribution in [0.25, 0.3) is 0 Å². The molecule has 2 atom stereocenters. The van der Waals surface area contributed by atoms with E-state index in [0.717, 1.165) is 17.4 Å². The summed E-state index contributed by atoms with van der Waals surface area (Å²) < 4.78 is 6.63. The van der Waals surface area contributed by atoms with Crippen LogP contribution in [0.2, 0.25) is 0 Å². The number of rotatable bonds is 2. The summed E-state index contributed by atoms with van der Waals surface area (Å²) in [6, 6.07) is 6.35. The third-order valence-corrected chi connectivity index (χ3v) is 4.12. The number of halogens is 1. The van der Waals surface area contributed by atoms with E-state index in [9.17, 15) is 4.79 Å². The molecule has 1 aliphatic heterocycles. The van der Waals surface area contributed by atoms with Gasteiger partial charge in [-0.3, -0.25) is 10.1 Å². The van der Waals surface area contributed by atoms with E-state index in [1.807, 2.05) is 20.8 Å². The van der Waals surface area contributed by atoms with Crippen molar-refractivity contribution in [1.82, 2.24) is 5.32 Å². The molecule has 1 saturated heterocycles. The molecule has 4 heteroatoms. The molecule has 0 aliphatic carbocycles. The van der Waals surface area contributed by atoms with Gasteiger partial charge in [-0.15, -0.1) is 0 Å². The van der Waals surface area contributed by atoms with E-state index in [1.165, 1.54) is 11.1 Å². The second-order valence-electron chi connectivity index (χ2n) is 6.49. The highest BCUT2D eigenvalue weighted by Gasteiger charge is 2.32. The number of nitrogens with one attached hydrogen (secondary N) is 1. The average Bonchev–Trinajstić information content (AvgIpc) is 2.76. The molecule has 0 amide bonds. The van der Waals surface area contributed by atoms with Crippen LogP contribution in [0.4, 0.5) is 0 Å². The Labute approximate surface area is 129 Å². The molecule has 1 aromatic carbocycles. The Kier molecular flexibility index (Phi) is 4.55. The predicted octanol–water partition coefficient (Wildman–Crippen LogP) is 3.75. The fourth-order valence-corrected chi connectivity index (χ4v) is 2.90. The van der Waals surface area contributed by atoms with Gasteiger partial charge in [-0.1, -0.05) is 22.0 Å². The van der Waals surface area contributed by atoms with E-state index in [-0.39, 0.29) is 12.2 Å². The highest BCUT2D eigenvalue weighted by Crippen LogP contribution is 2.31. The van der Waals surface area contributed by atoms with Gasteiger partial charge in [0.05, 0.1) is 5.41 Å². The lowest BCUT2D eigenvalue weighted by atomic mass is 9.94. The third kappa shape index (κ3) is 3.61. The molecule has 1 aromatic rings. The largest absolute Gasteiger partial charge is 0.446 e. The van der Waals surface area contributed by atoms with Gasteiger partial charge in [0.1, 0.15) is 0 Å². The molecular formula is C16H22BrNO2. The summed E-state index contributed by atoms with van der Waals surface area (Å²) in [6.45, 7) is 8.60. The number of esters is 1. The summed E-state index contributed by atoms with van der Waals surface area (Å²) in [5.41, 5.74) is 2.15. The number of hydrogen-bond donors (Lipinski definition) is 1. The fraction of sp³-hybridized carbons (Fsp3) is 0.562. The maximum absolute atomic E-state index is 11.9. The first-order valence-corrected chi connectivity index (χ1v) is 7.77. The number of aryl methyl sites for hydroxylation is 1. The summed E-state index contributed by atoms with van der Waals surface area (Å²) >= 11 is 3.49. The minimum Gasteiger partial charge on any atom is -0.446 e.